The third-order valence-electron chi connectivity index (χ3n) is 2.77. The molecule has 2 aromatic carbocycles. The third kappa shape index (κ3) is 4.32. The number of nitrogens with zero attached hydrogens (tertiary/aromatic N) is 1. The van der Waals surface area contributed by atoms with Gasteiger partial charge in [0.1, 0.15) is 12.7 Å². The summed E-state index contributed by atoms with van der Waals surface area (Å²) in [5, 5.41) is 12.2. The van der Waals surface area contributed by atoms with Gasteiger partial charge in [0.25, 0.3) is 0 Å². The van der Waals surface area contributed by atoms with Gasteiger partial charge in [-0.15, -0.1) is 0 Å². The number of rotatable bonds is 5. The molecule has 2 aromatic rings. The van der Waals surface area contributed by atoms with Crippen LogP contribution in [0.3, 0.4) is 0 Å². The Bertz CT molecular complexity index is 680. The fourth-order valence-electron chi connectivity index (χ4n) is 1.75. The Morgan fingerprint density at radius 1 is 1.19 bits per heavy atom. The highest BCUT2D eigenvalue weighted by atomic mass is 35.5. The second-order valence-electron chi connectivity index (χ2n) is 4.29. The molecule has 1 N–H and O–H groups in total. The topological polar surface area (TPSA) is 62.1 Å². The van der Waals surface area contributed by atoms with Crippen molar-refractivity contribution in [1.82, 2.24) is 0 Å². The maximum absolute atomic E-state index is 11.8. The number of hydrogen-bond donors (Lipinski definition) is 1. The number of hydrogen-bond acceptors (Lipinski definition) is 3. The van der Waals surface area contributed by atoms with Gasteiger partial charge in [0, 0.05) is 5.02 Å². The van der Waals surface area contributed by atoms with Crippen molar-refractivity contribution in [2.75, 3.05) is 11.9 Å². The highest BCUT2D eigenvalue weighted by molar-refractivity contribution is 6.31. The van der Waals surface area contributed by atoms with Gasteiger partial charge in [-0.2, -0.15) is 5.26 Å². The Kier molecular flexibility index (Phi) is 5.33. The van der Waals surface area contributed by atoms with Crippen molar-refractivity contribution in [3.05, 3.63) is 64.7 Å². The molecule has 0 aliphatic rings. The van der Waals surface area contributed by atoms with Crippen LogP contribution < -0.4 is 5.32 Å². The van der Waals surface area contributed by atoms with E-state index in [1.807, 2.05) is 24.3 Å². The number of halogens is 1. The van der Waals surface area contributed by atoms with Crippen LogP contribution in [0.5, 0.6) is 0 Å². The molecule has 0 radical (unpaired) electrons. The van der Waals surface area contributed by atoms with Gasteiger partial charge >= 0.3 is 0 Å². The minimum Gasteiger partial charge on any atom is -0.367 e. The zero-order valence-corrected chi connectivity index (χ0v) is 11.9. The largest absolute Gasteiger partial charge is 0.367 e. The first-order valence-corrected chi connectivity index (χ1v) is 6.68. The zero-order chi connectivity index (χ0) is 15.1. The van der Waals surface area contributed by atoms with E-state index in [-0.39, 0.29) is 19.1 Å². The molecule has 4 nitrogen and oxygen atoms in total. The maximum atomic E-state index is 11.8. The molecule has 0 saturated heterocycles. The molecule has 0 aliphatic carbocycles. The van der Waals surface area contributed by atoms with Gasteiger partial charge in [0.15, 0.2) is 0 Å². The molecule has 21 heavy (non-hydrogen) atoms. The minimum atomic E-state index is -0.315. The fourth-order valence-corrected chi connectivity index (χ4v) is 1.94. The number of ether oxygens (including phenoxy) is 1. The van der Waals surface area contributed by atoms with Crippen molar-refractivity contribution in [3.8, 4) is 6.07 Å². The van der Waals surface area contributed by atoms with Crippen molar-refractivity contribution in [3.63, 3.8) is 0 Å². The molecule has 0 aromatic heterocycles. The van der Waals surface area contributed by atoms with Crippen LogP contribution in [0.2, 0.25) is 5.02 Å². The number of carbonyl (C=O) groups excluding carboxylic acids is 1. The van der Waals surface area contributed by atoms with Crippen LogP contribution >= 0.6 is 11.6 Å². The molecule has 0 fully saturated rings. The summed E-state index contributed by atoms with van der Waals surface area (Å²) in [6, 6.07) is 16.1. The van der Waals surface area contributed by atoms with Gasteiger partial charge in [-0.05, 0) is 23.8 Å². The van der Waals surface area contributed by atoms with Crippen LogP contribution in [0, 0.1) is 11.3 Å². The maximum Gasteiger partial charge on any atom is 0.250 e. The Balaban J connectivity index is 1.86. The molecule has 0 atom stereocenters. The lowest BCUT2D eigenvalue weighted by molar-refractivity contribution is -0.121. The first-order valence-electron chi connectivity index (χ1n) is 6.31. The molecular formula is C16H13ClN2O2. The zero-order valence-electron chi connectivity index (χ0n) is 11.2. The summed E-state index contributed by atoms with van der Waals surface area (Å²) >= 11 is 5.99. The van der Waals surface area contributed by atoms with Gasteiger partial charge in [0.2, 0.25) is 5.91 Å². The van der Waals surface area contributed by atoms with Crippen LogP contribution in [0.1, 0.15) is 11.1 Å². The van der Waals surface area contributed by atoms with Crippen molar-refractivity contribution >= 4 is 23.2 Å². The molecule has 0 heterocycles. The lowest BCUT2D eigenvalue weighted by Gasteiger charge is -2.08. The number of para-hydroxylation sites is 1. The molecule has 0 unspecified atom stereocenters. The molecule has 5 heteroatoms. The second-order valence-corrected chi connectivity index (χ2v) is 4.70. The third-order valence-corrected chi connectivity index (χ3v) is 3.14. The Morgan fingerprint density at radius 3 is 2.67 bits per heavy atom. The van der Waals surface area contributed by atoms with Gasteiger partial charge < -0.3 is 10.1 Å². The molecular weight excluding hydrogens is 288 g/mol. The van der Waals surface area contributed by atoms with Crippen molar-refractivity contribution in [2.45, 2.75) is 6.61 Å². The van der Waals surface area contributed by atoms with E-state index >= 15 is 0 Å². The van der Waals surface area contributed by atoms with Crippen molar-refractivity contribution in [1.29, 1.82) is 5.26 Å². The van der Waals surface area contributed by atoms with Crippen LogP contribution in [-0.4, -0.2) is 12.5 Å². The molecule has 2 rings (SSSR count). The van der Waals surface area contributed by atoms with E-state index in [9.17, 15) is 4.79 Å². The monoisotopic (exact) mass is 300 g/mol. The van der Waals surface area contributed by atoms with Crippen LogP contribution in [0.4, 0.5) is 5.69 Å². The van der Waals surface area contributed by atoms with Crippen LogP contribution in [0.15, 0.2) is 48.5 Å². The normalized spacial score (nSPS) is 9.90. The first-order chi connectivity index (χ1) is 10.2. The summed E-state index contributed by atoms with van der Waals surface area (Å²) < 4.78 is 5.33. The SMILES string of the molecule is N#Cc1ccccc1NC(=O)COCc1ccccc1Cl. The highest BCUT2D eigenvalue weighted by Gasteiger charge is 2.07. The number of nitrogens with one attached hydrogen (secondary N) is 1. The predicted molar refractivity (Wildman–Crippen MR) is 80.9 cm³/mol. The summed E-state index contributed by atoms with van der Waals surface area (Å²) in [4.78, 5) is 11.8. The van der Waals surface area contributed by atoms with Gasteiger partial charge in [-0.3, -0.25) is 4.79 Å². The van der Waals surface area contributed by atoms with E-state index in [0.29, 0.717) is 16.3 Å². The molecule has 0 spiro atoms. The van der Waals surface area contributed by atoms with Gasteiger partial charge in [-0.25, -0.2) is 0 Å². The summed E-state index contributed by atoms with van der Waals surface area (Å²) in [6.07, 6.45) is 0. The Morgan fingerprint density at radius 2 is 1.90 bits per heavy atom. The standard InChI is InChI=1S/C16H13ClN2O2/c17-14-7-3-1-6-13(14)10-21-11-16(20)19-15-8-4-2-5-12(15)9-18/h1-8H,10-11H2,(H,19,20). The first kappa shape index (κ1) is 15.0. The minimum absolute atomic E-state index is 0.106. The average Bonchev–Trinajstić information content (AvgIpc) is 2.50. The number of nitriles is 1. The number of anilines is 1. The van der Waals surface area contributed by atoms with Crippen molar-refractivity contribution in [2.24, 2.45) is 0 Å². The number of carbonyl (C=O) groups is 1. The van der Waals surface area contributed by atoms with Gasteiger partial charge in [0.05, 0.1) is 17.9 Å². The summed E-state index contributed by atoms with van der Waals surface area (Å²) in [7, 11) is 0. The number of benzene rings is 2. The quantitative estimate of drug-likeness (QED) is 0.921. The highest BCUT2D eigenvalue weighted by Crippen LogP contribution is 2.16. The Hall–Kier alpha value is -2.35. The molecule has 0 saturated carbocycles. The van der Waals surface area contributed by atoms with E-state index in [2.05, 4.69) is 5.32 Å². The second kappa shape index (κ2) is 7.44. The smallest absolute Gasteiger partial charge is 0.250 e. The Labute approximate surface area is 127 Å². The van der Waals surface area contributed by atoms with Crippen molar-refractivity contribution < 1.29 is 9.53 Å². The number of amides is 1. The van der Waals surface area contributed by atoms with E-state index in [4.69, 9.17) is 21.6 Å². The lowest BCUT2D eigenvalue weighted by atomic mass is 10.2. The molecule has 1 amide bonds. The average molecular weight is 301 g/mol. The molecule has 106 valence electrons. The summed E-state index contributed by atoms with van der Waals surface area (Å²) in [5.41, 5.74) is 1.72. The van der Waals surface area contributed by atoms with E-state index in [1.54, 1.807) is 30.3 Å². The fraction of sp³-hybridized carbons (Fsp3) is 0.125. The lowest BCUT2D eigenvalue weighted by Crippen LogP contribution is -2.18. The molecule has 0 aliphatic heterocycles. The van der Waals surface area contributed by atoms with E-state index < -0.39 is 0 Å². The van der Waals surface area contributed by atoms with E-state index in [1.165, 1.54) is 0 Å². The predicted octanol–water partition coefficient (Wildman–Crippen LogP) is 3.37. The summed E-state index contributed by atoms with van der Waals surface area (Å²) in [5.74, 6) is -0.315. The van der Waals surface area contributed by atoms with Crippen LogP contribution in [-0.2, 0) is 16.1 Å². The molecule has 0 bridgehead atoms. The summed E-state index contributed by atoms with van der Waals surface area (Å²) in [6.45, 7) is 0.151. The van der Waals surface area contributed by atoms with E-state index in [0.717, 1.165) is 5.56 Å². The van der Waals surface area contributed by atoms with Crippen LogP contribution in [0.25, 0.3) is 0 Å². The van der Waals surface area contributed by atoms with Gasteiger partial charge in [-0.1, -0.05) is 41.9 Å².